The first kappa shape index (κ1) is 16.8. The Balaban J connectivity index is 0. The van der Waals surface area contributed by atoms with E-state index in [0.29, 0.717) is 0 Å². The highest BCUT2D eigenvalue weighted by atomic mass is 32.1. The lowest BCUT2D eigenvalue weighted by Gasteiger charge is -1.81. The second kappa shape index (κ2) is 11.5. The van der Waals surface area contributed by atoms with Crippen molar-refractivity contribution >= 4 is 12.6 Å². The monoisotopic (exact) mass is 231 g/mol. The molecule has 0 atom stereocenters. The van der Waals surface area contributed by atoms with Crippen molar-refractivity contribution < 1.29 is 10.2 Å². The van der Waals surface area contributed by atoms with Crippen LogP contribution in [-0.2, 0) is 0 Å². The predicted octanol–water partition coefficient (Wildman–Crippen LogP) is 2.14. The summed E-state index contributed by atoms with van der Waals surface area (Å²) in [6.45, 7) is 6.89. The third kappa shape index (κ3) is 31.8. The molecule has 0 bridgehead atoms. The van der Waals surface area contributed by atoms with E-state index in [-0.39, 0.29) is 12.2 Å². The standard InChI is InChI=1S/C5H5NS.2C3H8O/c7-5-3-1-2-4-6-5;2*1-3(2)4/h1-4H,(H,6,7);2*3-4H,1-2H3. The van der Waals surface area contributed by atoms with Crippen molar-refractivity contribution in [1.29, 1.82) is 0 Å². The van der Waals surface area contributed by atoms with Gasteiger partial charge in [-0.1, -0.05) is 6.07 Å². The average molecular weight is 231 g/mol. The van der Waals surface area contributed by atoms with Gasteiger partial charge in [-0.15, -0.1) is 12.6 Å². The normalized spacial score (nSPS) is 8.87. The van der Waals surface area contributed by atoms with Gasteiger partial charge in [-0.25, -0.2) is 0 Å². The molecule has 2 N–H and O–H groups in total. The van der Waals surface area contributed by atoms with Gasteiger partial charge in [0.25, 0.3) is 0 Å². The molecule has 0 radical (unpaired) electrons. The number of nitrogens with zero attached hydrogens (tertiary/aromatic N) is 1. The van der Waals surface area contributed by atoms with E-state index in [2.05, 4.69) is 17.6 Å². The third-order valence-electron chi connectivity index (χ3n) is 0.649. The molecule has 1 rings (SSSR count). The number of pyridine rings is 1. The van der Waals surface area contributed by atoms with Gasteiger partial charge in [-0.05, 0) is 39.8 Å². The molecule has 0 spiro atoms. The Kier molecular flexibility index (Phi) is 12.9. The molecule has 1 aromatic heterocycles. The van der Waals surface area contributed by atoms with Gasteiger partial charge in [0.15, 0.2) is 0 Å². The minimum absolute atomic E-state index is 0.167. The number of hydrogen-bond acceptors (Lipinski definition) is 4. The van der Waals surface area contributed by atoms with E-state index in [0.717, 1.165) is 5.03 Å². The van der Waals surface area contributed by atoms with Gasteiger partial charge in [0.1, 0.15) is 0 Å². The fraction of sp³-hybridized carbons (Fsp3) is 0.545. The summed E-state index contributed by atoms with van der Waals surface area (Å²) in [5.74, 6) is 0. The van der Waals surface area contributed by atoms with Crippen LogP contribution in [0.3, 0.4) is 0 Å². The van der Waals surface area contributed by atoms with Crippen LogP contribution in [0.2, 0.25) is 0 Å². The largest absolute Gasteiger partial charge is 0.394 e. The molecule has 0 aliphatic carbocycles. The minimum atomic E-state index is -0.167. The van der Waals surface area contributed by atoms with E-state index in [9.17, 15) is 0 Å². The maximum atomic E-state index is 8.06. The van der Waals surface area contributed by atoms with Gasteiger partial charge < -0.3 is 10.2 Å². The van der Waals surface area contributed by atoms with Crippen molar-refractivity contribution in [1.82, 2.24) is 4.98 Å². The van der Waals surface area contributed by atoms with Crippen LogP contribution in [0.4, 0.5) is 0 Å². The SMILES string of the molecule is CC(C)O.CC(C)O.Sc1ccccn1. The highest BCUT2D eigenvalue weighted by Crippen LogP contribution is 1.95. The highest BCUT2D eigenvalue weighted by molar-refractivity contribution is 7.80. The molecule has 15 heavy (non-hydrogen) atoms. The summed E-state index contributed by atoms with van der Waals surface area (Å²) in [5.41, 5.74) is 0. The first-order valence-electron chi connectivity index (χ1n) is 4.82. The Bertz CT molecular complexity index is 204. The molecular weight excluding hydrogens is 210 g/mol. The zero-order chi connectivity index (χ0) is 12.3. The second-order valence-electron chi connectivity index (χ2n) is 3.38. The summed E-state index contributed by atoms with van der Waals surface area (Å²) in [6.07, 6.45) is 1.38. The molecule has 0 aliphatic heterocycles. The van der Waals surface area contributed by atoms with Gasteiger partial charge in [-0.3, -0.25) is 4.98 Å². The first-order chi connectivity index (χ1) is 6.86. The van der Waals surface area contributed by atoms with E-state index in [1.807, 2.05) is 18.2 Å². The van der Waals surface area contributed by atoms with Gasteiger partial charge in [0.2, 0.25) is 0 Å². The zero-order valence-electron chi connectivity index (χ0n) is 9.75. The van der Waals surface area contributed by atoms with Gasteiger partial charge in [0, 0.05) is 18.4 Å². The smallest absolute Gasteiger partial charge is 0.0929 e. The molecule has 4 heteroatoms. The number of hydrogen-bond donors (Lipinski definition) is 3. The summed E-state index contributed by atoms with van der Waals surface area (Å²) in [4.78, 5) is 3.84. The van der Waals surface area contributed by atoms with Crippen LogP contribution >= 0.6 is 12.6 Å². The van der Waals surface area contributed by atoms with Crippen molar-refractivity contribution in [3.8, 4) is 0 Å². The average Bonchev–Trinajstić information content (AvgIpc) is 2.03. The van der Waals surface area contributed by atoms with Gasteiger partial charge in [-0.2, -0.15) is 0 Å². The lowest BCUT2D eigenvalue weighted by Crippen LogP contribution is -1.85. The quantitative estimate of drug-likeness (QED) is 0.600. The van der Waals surface area contributed by atoms with E-state index < -0.39 is 0 Å². The zero-order valence-corrected chi connectivity index (χ0v) is 10.6. The Hall–Kier alpha value is -0.580. The van der Waals surface area contributed by atoms with Gasteiger partial charge in [0.05, 0.1) is 5.03 Å². The van der Waals surface area contributed by atoms with Crippen LogP contribution in [-0.4, -0.2) is 27.4 Å². The van der Waals surface area contributed by atoms with Crippen molar-refractivity contribution in [3.05, 3.63) is 24.4 Å². The van der Waals surface area contributed by atoms with E-state index in [1.54, 1.807) is 33.9 Å². The Morgan fingerprint density at radius 3 is 1.60 bits per heavy atom. The summed E-state index contributed by atoms with van der Waals surface area (Å²) in [7, 11) is 0. The molecule has 1 heterocycles. The van der Waals surface area contributed by atoms with Crippen LogP contribution in [0, 0.1) is 0 Å². The molecule has 0 aromatic carbocycles. The molecule has 0 saturated carbocycles. The summed E-state index contributed by atoms with van der Waals surface area (Å²) < 4.78 is 0. The van der Waals surface area contributed by atoms with Crippen LogP contribution in [0.1, 0.15) is 27.7 Å². The Morgan fingerprint density at radius 1 is 1.07 bits per heavy atom. The summed E-state index contributed by atoms with van der Waals surface area (Å²) >= 11 is 3.97. The fourth-order valence-corrected chi connectivity index (χ4v) is 0.506. The molecule has 0 unspecified atom stereocenters. The molecule has 0 aliphatic rings. The maximum absolute atomic E-state index is 8.06. The van der Waals surface area contributed by atoms with Crippen LogP contribution < -0.4 is 0 Å². The topological polar surface area (TPSA) is 53.4 Å². The molecule has 0 amide bonds. The van der Waals surface area contributed by atoms with Crippen LogP contribution in [0.5, 0.6) is 0 Å². The number of aliphatic hydroxyl groups excluding tert-OH is 2. The Labute approximate surface area is 97.6 Å². The number of thiol groups is 1. The van der Waals surface area contributed by atoms with Gasteiger partial charge >= 0.3 is 0 Å². The van der Waals surface area contributed by atoms with Crippen molar-refractivity contribution in [2.24, 2.45) is 0 Å². The third-order valence-corrected chi connectivity index (χ3v) is 0.914. The van der Waals surface area contributed by atoms with E-state index in [4.69, 9.17) is 10.2 Å². The molecular formula is C11H21NO2S. The Morgan fingerprint density at radius 2 is 1.47 bits per heavy atom. The van der Waals surface area contributed by atoms with Crippen LogP contribution in [0.15, 0.2) is 29.4 Å². The van der Waals surface area contributed by atoms with E-state index in [1.165, 1.54) is 0 Å². The van der Waals surface area contributed by atoms with Crippen molar-refractivity contribution in [2.75, 3.05) is 0 Å². The predicted molar refractivity (Wildman–Crippen MR) is 66.2 cm³/mol. The number of aliphatic hydroxyl groups is 2. The number of rotatable bonds is 0. The maximum Gasteiger partial charge on any atom is 0.0929 e. The molecule has 0 fully saturated rings. The fourth-order valence-electron chi connectivity index (χ4n) is 0.354. The van der Waals surface area contributed by atoms with Crippen molar-refractivity contribution in [3.63, 3.8) is 0 Å². The lowest BCUT2D eigenvalue weighted by molar-refractivity contribution is 0.215. The van der Waals surface area contributed by atoms with Crippen molar-refractivity contribution in [2.45, 2.75) is 44.9 Å². The van der Waals surface area contributed by atoms with E-state index >= 15 is 0 Å². The molecule has 0 saturated heterocycles. The summed E-state index contributed by atoms with van der Waals surface area (Å²) in [5, 5.41) is 16.9. The molecule has 88 valence electrons. The first-order valence-corrected chi connectivity index (χ1v) is 5.27. The summed E-state index contributed by atoms with van der Waals surface area (Å²) in [6, 6.07) is 5.60. The lowest BCUT2D eigenvalue weighted by atomic mass is 10.5. The highest BCUT2D eigenvalue weighted by Gasteiger charge is 1.74. The molecule has 1 aromatic rings. The number of aromatic nitrogens is 1. The molecule has 3 nitrogen and oxygen atoms in total. The second-order valence-corrected chi connectivity index (χ2v) is 3.83. The van der Waals surface area contributed by atoms with Crippen LogP contribution in [0.25, 0.3) is 0 Å². The minimum Gasteiger partial charge on any atom is -0.394 e.